The number of halogens is 1. The Morgan fingerprint density at radius 3 is 2.52 bits per heavy atom. The zero-order chi connectivity index (χ0) is 24.6. The van der Waals surface area contributed by atoms with Crippen LogP contribution in [0, 0.1) is 5.92 Å². The Morgan fingerprint density at radius 2 is 1.91 bits per heavy atom. The fourth-order valence-electron chi connectivity index (χ4n) is 3.36. The van der Waals surface area contributed by atoms with Gasteiger partial charge in [-0.3, -0.25) is 4.79 Å². The fourth-order valence-corrected chi connectivity index (χ4v) is 5.19. The molecule has 1 heterocycles. The summed E-state index contributed by atoms with van der Waals surface area (Å²) < 4.78 is 33.4. The molecule has 0 unspecified atom stereocenters. The Kier molecular flexibility index (Phi) is 10.3. The first-order chi connectivity index (χ1) is 15.5. The molecular formula is C23H35ClN4O4S. The highest BCUT2D eigenvalue weighted by molar-refractivity contribution is 7.90. The Hall–Kier alpha value is -1.94. The molecule has 0 fully saturated rings. The summed E-state index contributed by atoms with van der Waals surface area (Å²) in [6, 6.07) is 6.87. The van der Waals surface area contributed by atoms with Gasteiger partial charge >= 0.3 is 0 Å². The van der Waals surface area contributed by atoms with Crippen molar-refractivity contribution in [3.05, 3.63) is 46.7 Å². The molecule has 184 valence electrons. The van der Waals surface area contributed by atoms with Crippen LogP contribution < -0.4 is 0 Å². The Morgan fingerprint density at radius 1 is 1.21 bits per heavy atom. The number of hydrogen-bond donors (Lipinski definition) is 0. The Labute approximate surface area is 202 Å². The molecule has 0 aliphatic heterocycles. The monoisotopic (exact) mass is 498 g/mol. The van der Waals surface area contributed by atoms with Gasteiger partial charge in [0.2, 0.25) is 20.9 Å². The maximum Gasteiger partial charge on any atom is 0.228 e. The molecular weight excluding hydrogens is 464 g/mol. The van der Waals surface area contributed by atoms with Crippen molar-refractivity contribution in [1.82, 2.24) is 19.4 Å². The van der Waals surface area contributed by atoms with Gasteiger partial charge in [-0.05, 0) is 31.6 Å². The number of ether oxygens (including phenoxy) is 1. The lowest BCUT2D eigenvalue weighted by Crippen LogP contribution is -2.37. The van der Waals surface area contributed by atoms with Crippen LogP contribution in [-0.2, 0) is 38.2 Å². The molecule has 10 heteroatoms. The number of carbonyl (C=O) groups is 1. The highest BCUT2D eigenvalue weighted by atomic mass is 35.5. The van der Waals surface area contributed by atoms with Crippen molar-refractivity contribution in [2.75, 3.05) is 40.9 Å². The number of likely N-dealkylation sites (N-methyl/N-ethyl adjacent to an activating group) is 1. The van der Waals surface area contributed by atoms with Crippen LogP contribution in [0.2, 0.25) is 5.02 Å². The first-order valence-electron chi connectivity index (χ1n) is 11.0. The predicted molar refractivity (Wildman–Crippen MR) is 130 cm³/mol. The maximum atomic E-state index is 13.3. The number of methoxy groups -OCH3 is 1. The summed E-state index contributed by atoms with van der Waals surface area (Å²) in [7, 11) is 1.69. The molecule has 0 saturated heterocycles. The third kappa shape index (κ3) is 8.10. The van der Waals surface area contributed by atoms with E-state index in [-0.39, 0.29) is 29.3 Å². The molecule has 8 nitrogen and oxygen atoms in total. The fraction of sp³-hybridized carbons (Fsp3) is 0.565. The molecule has 0 bridgehead atoms. The van der Waals surface area contributed by atoms with E-state index >= 15 is 0 Å². The number of rotatable bonds is 13. The summed E-state index contributed by atoms with van der Waals surface area (Å²) in [5.41, 5.74) is 1.17. The van der Waals surface area contributed by atoms with E-state index in [4.69, 9.17) is 16.3 Å². The average molecular weight is 499 g/mol. The molecule has 1 amide bonds. The molecule has 2 rings (SSSR count). The summed E-state index contributed by atoms with van der Waals surface area (Å²) in [5, 5.41) is 0.351. The summed E-state index contributed by atoms with van der Waals surface area (Å²) in [5.74, 6) is 0.00310. The molecule has 2 aromatic rings. The lowest BCUT2D eigenvalue weighted by molar-refractivity contribution is -0.132. The van der Waals surface area contributed by atoms with E-state index in [0.717, 1.165) is 0 Å². The second-order valence-corrected chi connectivity index (χ2v) is 11.0. The molecule has 33 heavy (non-hydrogen) atoms. The van der Waals surface area contributed by atoms with Crippen molar-refractivity contribution in [2.24, 2.45) is 5.92 Å². The molecule has 0 spiro atoms. The SMILES string of the molecule is COCCn1c(CN(CCN(C)C)C(=O)CC(C)C)cnc1S(=O)(=O)Cc1ccccc1Cl. The number of amides is 1. The van der Waals surface area contributed by atoms with Gasteiger partial charge in [0.25, 0.3) is 0 Å². The van der Waals surface area contributed by atoms with Gasteiger partial charge < -0.3 is 19.1 Å². The van der Waals surface area contributed by atoms with Crippen LogP contribution in [0.5, 0.6) is 0 Å². The Bertz CT molecular complexity index is 1020. The molecule has 0 saturated carbocycles. The molecule has 1 aromatic carbocycles. The van der Waals surface area contributed by atoms with E-state index < -0.39 is 9.84 Å². The Balaban J connectivity index is 2.38. The van der Waals surface area contributed by atoms with E-state index in [1.165, 1.54) is 0 Å². The number of nitrogens with zero attached hydrogens (tertiary/aromatic N) is 4. The van der Waals surface area contributed by atoms with Crippen molar-refractivity contribution < 1.29 is 17.9 Å². The van der Waals surface area contributed by atoms with Gasteiger partial charge in [0.1, 0.15) is 0 Å². The van der Waals surface area contributed by atoms with Crippen LogP contribution >= 0.6 is 11.6 Å². The van der Waals surface area contributed by atoms with Crippen molar-refractivity contribution in [1.29, 1.82) is 0 Å². The van der Waals surface area contributed by atoms with E-state index in [9.17, 15) is 13.2 Å². The van der Waals surface area contributed by atoms with Gasteiger partial charge in [-0.1, -0.05) is 43.6 Å². The third-order valence-electron chi connectivity index (χ3n) is 5.11. The van der Waals surface area contributed by atoms with Crippen LogP contribution in [0.1, 0.15) is 31.5 Å². The van der Waals surface area contributed by atoms with Crippen LogP contribution in [0.4, 0.5) is 0 Å². The minimum Gasteiger partial charge on any atom is -0.383 e. The number of hydrogen-bond acceptors (Lipinski definition) is 6. The highest BCUT2D eigenvalue weighted by Gasteiger charge is 2.26. The number of imidazole rings is 1. The summed E-state index contributed by atoms with van der Waals surface area (Å²) in [4.78, 5) is 20.9. The van der Waals surface area contributed by atoms with Crippen LogP contribution in [0.3, 0.4) is 0 Å². The second-order valence-electron chi connectivity index (χ2n) is 8.74. The quantitative estimate of drug-likeness (QED) is 0.422. The molecule has 0 radical (unpaired) electrons. The van der Waals surface area contributed by atoms with Gasteiger partial charge in [0.05, 0.1) is 30.8 Å². The van der Waals surface area contributed by atoms with Crippen molar-refractivity contribution >= 4 is 27.3 Å². The predicted octanol–water partition coefficient (Wildman–Crippen LogP) is 3.09. The van der Waals surface area contributed by atoms with E-state index in [0.29, 0.717) is 48.9 Å². The van der Waals surface area contributed by atoms with Gasteiger partial charge in [-0.25, -0.2) is 13.4 Å². The normalized spacial score (nSPS) is 12.0. The topological polar surface area (TPSA) is 84.7 Å². The van der Waals surface area contributed by atoms with Crippen molar-refractivity contribution in [3.63, 3.8) is 0 Å². The number of benzene rings is 1. The summed E-state index contributed by atoms with van der Waals surface area (Å²) in [6.45, 7) is 6.15. The highest BCUT2D eigenvalue weighted by Crippen LogP contribution is 2.23. The smallest absolute Gasteiger partial charge is 0.228 e. The largest absolute Gasteiger partial charge is 0.383 e. The van der Waals surface area contributed by atoms with Crippen LogP contribution in [0.25, 0.3) is 0 Å². The molecule has 0 atom stereocenters. The number of carbonyl (C=O) groups excluding carboxylic acids is 1. The van der Waals surface area contributed by atoms with Gasteiger partial charge in [0, 0.05) is 38.2 Å². The van der Waals surface area contributed by atoms with Crippen molar-refractivity contribution in [3.8, 4) is 0 Å². The van der Waals surface area contributed by atoms with Crippen molar-refractivity contribution in [2.45, 2.75) is 44.3 Å². The lowest BCUT2D eigenvalue weighted by atomic mass is 10.1. The number of aromatic nitrogens is 2. The maximum absolute atomic E-state index is 13.3. The van der Waals surface area contributed by atoms with Gasteiger partial charge in [-0.15, -0.1) is 0 Å². The third-order valence-corrected chi connectivity index (χ3v) is 7.05. The zero-order valence-electron chi connectivity index (χ0n) is 20.1. The minimum atomic E-state index is -3.78. The van der Waals surface area contributed by atoms with E-state index in [1.54, 1.807) is 47.0 Å². The molecule has 0 aliphatic carbocycles. The summed E-state index contributed by atoms with van der Waals surface area (Å²) >= 11 is 6.19. The van der Waals surface area contributed by atoms with E-state index in [1.807, 2.05) is 32.8 Å². The average Bonchev–Trinajstić information content (AvgIpc) is 3.13. The number of sulfone groups is 1. The first kappa shape index (κ1) is 27.3. The van der Waals surface area contributed by atoms with Gasteiger partial charge in [-0.2, -0.15) is 0 Å². The minimum absolute atomic E-state index is 0.0341. The van der Waals surface area contributed by atoms with Crippen LogP contribution in [0.15, 0.2) is 35.6 Å². The van der Waals surface area contributed by atoms with Gasteiger partial charge in [0.15, 0.2) is 0 Å². The summed E-state index contributed by atoms with van der Waals surface area (Å²) in [6.07, 6.45) is 1.97. The molecule has 1 aromatic heterocycles. The zero-order valence-corrected chi connectivity index (χ0v) is 21.7. The van der Waals surface area contributed by atoms with E-state index in [2.05, 4.69) is 4.98 Å². The lowest BCUT2D eigenvalue weighted by Gasteiger charge is -2.26. The molecule has 0 aliphatic rings. The first-order valence-corrected chi connectivity index (χ1v) is 13.0. The molecule has 0 N–H and O–H groups in total. The standard InChI is InChI=1S/C23H35ClN4O4S/c1-18(2)14-22(29)27(11-10-26(3)4)16-20-15-25-23(28(20)12-13-32-5)33(30,31)17-19-8-6-7-9-21(19)24/h6-9,15,18H,10-14,16-17H2,1-5H3. The second kappa shape index (κ2) is 12.5. The van der Waals surface area contributed by atoms with Crippen LogP contribution in [-0.4, -0.2) is 74.6 Å².